The SMILES string of the molecule is COc1ccc([N+](=O)[O-])cc1NCCN. The summed E-state index contributed by atoms with van der Waals surface area (Å²) in [6, 6.07) is 4.37. The number of methoxy groups -OCH3 is 1. The molecule has 0 saturated carbocycles. The van der Waals surface area contributed by atoms with Crippen LogP contribution in [0.1, 0.15) is 0 Å². The number of nitrogens with zero attached hydrogens (tertiary/aromatic N) is 1. The third-order valence-electron chi connectivity index (χ3n) is 1.85. The molecule has 0 aliphatic heterocycles. The molecule has 6 heteroatoms. The summed E-state index contributed by atoms with van der Waals surface area (Å²) in [5.74, 6) is 0.564. The van der Waals surface area contributed by atoms with E-state index in [4.69, 9.17) is 10.5 Å². The van der Waals surface area contributed by atoms with E-state index < -0.39 is 4.92 Å². The summed E-state index contributed by atoms with van der Waals surface area (Å²) in [5.41, 5.74) is 5.93. The van der Waals surface area contributed by atoms with Gasteiger partial charge in [0.2, 0.25) is 0 Å². The molecule has 0 aliphatic rings. The molecule has 0 amide bonds. The first-order valence-corrected chi connectivity index (χ1v) is 4.45. The lowest BCUT2D eigenvalue weighted by Crippen LogP contribution is -2.13. The zero-order valence-corrected chi connectivity index (χ0v) is 8.40. The summed E-state index contributed by atoms with van der Waals surface area (Å²) < 4.78 is 5.05. The Morgan fingerprint density at radius 2 is 2.33 bits per heavy atom. The van der Waals surface area contributed by atoms with Crippen molar-refractivity contribution in [3.63, 3.8) is 0 Å². The van der Waals surface area contributed by atoms with Crippen molar-refractivity contribution in [3.05, 3.63) is 28.3 Å². The second-order valence-electron chi connectivity index (χ2n) is 2.86. The molecule has 1 rings (SSSR count). The second kappa shape index (κ2) is 5.16. The smallest absolute Gasteiger partial charge is 0.271 e. The Labute approximate surface area is 87.2 Å². The van der Waals surface area contributed by atoms with Crippen LogP contribution >= 0.6 is 0 Å². The number of hydrogen-bond donors (Lipinski definition) is 2. The summed E-state index contributed by atoms with van der Waals surface area (Å²) in [7, 11) is 1.51. The van der Waals surface area contributed by atoms with E-state index in [1.165, 1.54) is 19.2 Å². The quantitative estimate of drug-likeness (QED) is 0.559. The lowest BCUT2D eigenvalue weighted by molar-refractivity contribution is -0.384. The van der Waals surface area contributed by atoms with Gasteiger partial charge in [-0.1, -0.05) is 0 Å². The minimum Gasteiger partial charge on any atom is -0.495 e. The summed E-state index contributed by atoms with van der Waals surface area (Å²) in [4.78, 5) is 10.1. The Morgan fingerprint density at radius 3 is 2.87 bits per heavy atom. The zero-order valence-electron chi connectivity index (χ0n) is 8.40. The largest absolute Gasteiger partial charge is 0.495 e. The molecule has 15 heavy (non-hydrogen) atoms. The number of nitrogens with two attached hydrogens (primary N) is 1. The van der Waals surface area contributed by atoms with Crippen LogP contribution in [0.25, 0.3) is 0 Å². The van der Waals surface area contributed by atoms with Crippen molar-refractivity contribution >= 4 is 11.4 Å². The van der Waals surface area contributed by atoms with Crippen LogP contribution in [-0.2, 0) is 0 Å². The third kappa shape index (κ3) is 2.81. The number of non-ortho nitro benzene ring substituents is 1. The Morgan fingerprint density at radius 1 is 1.60 bits per heavy atom. The van der Waals surface area contributed by atoms with Gasteiger partial charge in [-0.25, -0.2) is 0 Å². The average Bonchev–Trinajstić information content (AvgIpc) is 2.25. The van der Waals surface area contributed by atoms with Gasteiger partial charge in [0.05, 0.1) is 17.7 Å². The van der Waals surface area contributed by atoms with Crippen LogP contribution in [0.2, 0.25) is 0 Å². The Bertz CT molecular complexity index is 354. The van der Waals surface area contributed by atoms with E-state index in [0.717, 1.165) is 0 Å². The van der Waals surface area contributed by atoms with E-state index >= 15 is 0 Å². The average molecular weight is 211 g/mol. The van der Waals surface area contributed by atoms with Gasteiger partial charge in [-0.05, 0) is 6.07 Å². The van der Waals surface area contributed by atoms with Crippen LogP contribution in [0.5, 0.6) is 5.75 Å². The van der Waals surface area contributed by atoms with Gasteiger partial charge in [0.15, 0.2) is 0 Å². The van der Waals surface area contributed by atoms with Gasteiger partial charge in [-0.3, -0.25) is 10.1 Å². The fourth-order valence-corrected chi connectivity index (χ4v) is 1.15. The molecule has 0 aliphatic carbocycles. The van der Waals surface area contributed by atoms with Gasteiger partial charge in [-0.15, -0.1) is 0 Å². The molecule has 1 aromatic rings. The van der Waals surface area contributed by atoms with Gasteiger partial charge in [-0.2, -0.15) is 0 Å². The predicted octanol–water partition coefficient (Wildman–Crippen LogP) is 0.974. The maximum Gasteiger partial charge on any atom is 0.271 e. The van der Waals surface area contributed by atoms with Crippen LogP contribution in [0.15, 0.2) is 18.2 Å². The van der Waals surface area contributed by atoms with E-state index in [0.29, 0.717) is 24.5 Å². The summed E-state index contributed by atoms with van der Waals surface area (Å²) in [6.07, 6.45) is 0. The molecule has 0 aromatic heterocycles. The van der Waals surface area contributed by atoms with Crippen LogP contribution < -0.4 is 15.8 Å². The van der Waals surface area contributed by atoms with Gasteiger partial charge in [0.25, 0.3) is 5.69 Å². The third-order valence-corrected chi connectivity index (χ3v) is 1.85. The fraction of sp³-hybridized carbons (Fsp3) is 0.333. The first kappa shape index (κ1) is 11.3. The highest BCUT2D eigenvalue weighted by Crippen LogP contribution is 2.28. The molecule has 0 saturated heterocycles. The summed E-state index contributed by atoms with van der Waals surface area (Å²) in [5, 5.41) is 13.5. The number of hydrogen-bond acceptors (Lipinski definition) is 5. The number of nitro groups is 1. The number of ether oxygens (including phenoxy) is 1. The number of rotatable bonds is 5. The van der Waals surface area contributed by atoms with Gasteiger partial charge < -0.3 is 15.8 Å². The van der Waals surface area contributed by atoms with Gasteiger partial charge >= 0.3 is 0 Å². The molecular formula is C9H13N3O3. The van der Waals surface area contributed by atoms with E-state index in [1.54, 1.807) is 6.07 Å². The minimum atomic E-state index is -0.451. The fourth-order valence-electron chi connectivity index (χ4n) is 1.15. The number of benzene rings is 1. The molecule has 1 aromatic carbocycles. The first-order chi connectivity index (χ1) is 7.19. The van der Waals surface area contributed by atoms with Crippen molar-refractivity contribution in [3.8, 4) is 5.75 Å². The van der Waals surface area contributed by atoms with Crippen molar-refractivity contribution in [2.75, 3.05) is 25.5 Å². The van der Waals surface area contributed by atoms with Crippen molar-refractivity contribution in [1.29, 1.82) is 0 Å². The van der Waals surface area contributed by atoms with E-state index in [9.17, 15) is 10.1 Å². The Hall–Kier alpha value is -1.82. The van der Waals surface area contributed by atoms with Crippen LogP contribution in [-0.4, -0.2) is 25.1 Å². The van der Waals surface area contributed by atoms with E-state index in [-0.39, 0.29) is 5.69 Å². The molecule has 6 nitrogen and oxygen atoms in total. The zero-order chi connectivity index (χ0) is 11.3. The van der Waals surface area contributed by atoms with E-state index in [2.05, 4.69) is 5.32 Å². The Kier molecular flexibility index (Phi) is 3.87. The number of anilines is 1. The molecule has 0 heterocycles. The molecule has 0 unspecified atom stereocenters. The monoisotopic (exact) mass is 211 g/mol. The topological polar surface area (TPSA) is 90.4 Å². The maximum absolute atomic E-state index is 10.5. The second-order valence-corrected chi connectivity index (χ2v) is 2.86. The van der Waals surface area contributed by atoms with Gasteiger partial charge in [0, 0.05) is 25.2 Å². The lowest BCUT2D eigenvalue weighted by atomic mass is 10.2. The highest BCUT2D eigenvalue weighted by molar-refractivity contribution is 5.61. The normalized spacial score (nSPS) is 9.73. The lowest BCUT2D eigenvalue weighted by Gasteiger charge is -2.09. The van der Waals surface area contributed by atoms with E-state index in [1.807, 2.05) is 0 Å². The minimum absolute atomic E-state index is 0.0234. The molecule has 82 valence electrons. The molecule has 0 radical (unpaired) electrons. The van der Waals surface area contributed by atoms with Crippen molar-refractivity contribution in [2.45, 2.75) is 0 Å². The molecular weight excluding hydrogens is 198 g/mol. The Balaban J connectivity index is 2.96. The number of nitro benzene ring substituents is 1. The van der Waals surface area contributed by atoms with Crippen LogP contribution in [0.4, 0.5) is 11.4 Å². The molecule has 0 atom stereocenters. The summed E-state index contributed by atoms with van der Waals surface area (Å²) >= 11 is 0. The highest BCUT2D eigenvalue weighted by Gasteiger charge is 2.10. The molecule has 0 spiro atoms. The van der Waals surface area contributed by atoms with Crippen molar-refractivity contribution in [1.82, 2.24) is 0 Å². The molecule has 3 N–H and O–H groups in total. The molecule has 0 bridgehead atoms. The van der Waals surface area contributed by atoms with Crippen LogP contribution in [0.3, 0.4) is 0 Å². The summed E-state index contributed by atoms with van der Waals surface area (Å²) in [6.45, 7) is 0.989. The van der Waals surface area contributed by atoms with Crippen LogP contribution in [0, 0.1) is 10.1 Å². The first-order valence-electron chi connectivity index (χ1n) is 4.45. The standard InChI is InChI=1S/C9H13N3O3/c1-15-9-3-2-7(12(13)14)6-8(9)11-5-4-10/h2-3,6,11H,4-5,10H2,1H3. The molecule has 0 fully saturated rings. The number of nitrogens with one attached hydrogen (secondary N) is 1. The maximum atomic E-state index is 10.5. The van der Waals surface area contributed by atoms with Crippen molar-refractivity contribution < 1.29 is 9.66 Å². The van der Waals surface area contributed by atoms with Gasteiger partial charge in [0.1, 0.15) is 5.75 Å². The predicted molar refractivity (Wildman–Crippen MR) is 57.2 cm³/mol. The van der Waals surface area contributed by atoms with Crippen molar-refractivity contribution in [2.24, 2.45) is 5.73 Å². The highest BCUT2D eigenvalue weighted by atomic mass is 16.6.